The van der Waals surface area contributed by atoms with Gasteiger partial charge in [0, 0.05) is 20.7 Å². The first-order chi connectivity index (χ1) is 12.4. The molecule has 26 heavy (non-hydrogen) atoms. The minimum Gasteiger partial charge on any atom is -0.467 e. The lowest BCUT2D eigenvalue weighted by Gasteiger charge is -2.50. The van der Waals surface area contributed by atoms with Crippen molar-refractivity contribution in [2.75, 3.05) is 5.32 Å². The van der Waals surface area contributed by atoms with Crippen LogP contribution in [0.5, 0.6) is 5.75 Å². The maximum absolute atomic E-state index is 13.1. The number of nitrogens with one attached hydrogen (secondary N) is 3. The summed E-state index contributed by atoms with van der Waals surface area (Å²) in [6, 6.07) is 12.4. The lowest BCUT2D eigenvalue weighted by atomic mass is 9.80. The summed E-state index contributed by atoms with van der Waals surface area (Å²) in [5, 5.41) is 10.3. The van der Waals surface area contributed by atoms with Crippen LogP contribution in [-0.2, 0) is 4.79 Å². The quantitative estimate of drug-likeness (QED) is 0.602. The molecule has 4 rings (SSSR count). The number of carbonyl (C=O) groups is 1. The van der Waals surface area contributed by atoms with Gasteiger partial charge in [0.2, 0.25) is 5.91 Å². The highest BCUT2D eigenvalue weighted by atomic mass is 79.9. The number of hydrogen-bond acceptors (Lipinski definition) is 3. The minimum absolute atomic E-state index is 0.173. The monoisotopic (exact) mass is 451 g/mol. The third kappa shape index (κ3) is 3.04. The van der Waals surface area contributed by atoms with E-state index in [1.165, 1.54) is 0 Å². The van der Waals surface area contributed by atoms with Crippen LogP contribution in [0.1, 0.15) is 18.5 Å². The number of thiocarbonyl (C=S) groups is 1. The van der Waals surface area contributed by atoms with Crippen LogP contribution < -0.4 is 20.7 Å². The fraction of sp³-hybridized carbons (Fsp3) is 0.222. The maximum Gasteiger partial charge on any atom is 0.236 e. The van der Waals surface area contributed by atoms with E-state index < -0.39 is 11.6 Å². The Morgan fingerprint density at radius 1 is 1.31 bits per heavy atom. The van der Waals surface area contributed by atoms with Gasteiger partial charge in [0.1, 0.15) is 11.7 Å². The van der Waals surface area contributed by atoms with Crippen LogP contribution in [0.4, 0.5) is 5.69 Å². The Balaban J connectivity index is 1.71. The van der Waals surface area contributed by atoms with E-state index in [0.29, 0.717) is 15.8 Å². The lowest BCUT2D eigenvalue weighted by molar-refractivity contribution is -0.132. The van der Waals surface area contributed by atoms with E-state index in [1.54, 1.807) is 24.3 Å². The molecule has 0 spiro atoms. The van der Waals surface area contributed by atoms with E-state index in [4.69, 9.17) is 28.6 Å². The molecule has 0 aliphatic carbocycles. The van der Waals surface area contributed by atoms with Crippen LogP contribution in [-0.4, -0.2) is 16.7 Å². The molecule has 3 N–H and O–H groups in total. The largest absolute Gasteiger partial charge is 0.467 e. The van der Waals surface area contributed by atoms with Crippen LogP contribution in [0.15, 0.2) is 46.9 Å². The summed E-state index contributed by atoms with van der Waals surface area (Å²) in [6.07, 6.45) is 0. The Labute approximate surface area is 169 Å². The number of benzene rings is 2. The molecular weight excluding hydrogens is 438 g/mol. The van der Waals surface area contributed by atoms with Crippen LogP contribution in [0.2, 0.25) is 5.02 Å². The normalized spacial score (nSPS) is 26.0. The molecule has 1 saturated heterocycles. The molecule has 2 bridgehead atoms. The molecule has 0 radical (unpaired) electrons. The average Bonchev–Trinajstić information content (AvgIpc) is 2.56. The molecule has 3 atom stereocenters. The molecule has 2 heterocycles. The minimum atomic E-state index is -0.954. The third-order valence-corrected chi connectivity index (χ3v) is 5.56. The molecule has 134 valence electrons. The molecule has 2 aromatic carbocycles. The van der Waals surface area contributed by atoms with E-state index in [9.17, 15) is 4.79 Å². The first-order valence-electron chi connectivity index (χ1n) is 7.99. The summed E-state index contributed by atoms with van der Waals surface area (Å²) in [5.41, 5.74) is 0.602. The highest BCUT2D eigenvalue weighted by Crippen LogP contribution is 2.45. The van der Waals surface area contributed by atoms with E-state index in [1.807, 2.05) is 25.1 Å². The van der Waals surface area contributed by atoms with Crippen LogP contribution in [0.25, 0.3) is 0 Å². The summed E-state index contributed by atoms with van der Waals surface area (Å²) in [7, 11) is 0. The maximum atomic E-state index is 13.1. The number of amides is 1. The van der Waals surface area contributed by atoms with Gasteiger partial charge in [0.05, 0.1) is 6.04 Å². The van der Waals surface area contributed by atoms with Crippen molar-refractivity contribution in [3.05, 3.63) is 57.5 Å². The summed E-state index contributed by atoms with van der Waals surface area (Å²) in [5.74, 6) is 0.0124. The highest BCUT2D eigenvalue weighted by Gasteiger charge is 2.54. The predicted octanol–water partition coefficient (Wildman–Crippen LogP) is 3.98. The van der Waals surface area contributed by atoms with Gasteiger partial charge in [-0.2, -0.15) is 0 Å². The predicted molar refractivity (Wildman–Crippen MR) is 108 cm³/mol. The first kappa shape index (κ1) is 17.6. The molecule has 2 aliphatic rings. The Bertz CT molecular complexity index is 908. The molecule has 0 aromatic heterocycles. The summed E-state index contributed by atoms with van der Waals surface area (Å²) >= 11 is 14.7. The molecule has 8 heteroatoms. The molecule has 2 aliphatic heterocycles. The van der Waals surface area contributed by atoms with Gasteiger partial charge in [-0.25, -0.2) is 0 Å². The van der Waals surface area contributed by atoms with Crippen molar-refractivity contribution in [3.63, 3.8) is 0 Å². The highest BCUT2D eigenvalue weighted by molar-refractivity contribution is 9.10. The first-order valence-corrected chi connectivity index (χ1v) is 9.57. The Hall–Kier alpha value is -1.83. The molecule has 5 nitrogen and oxygen atoms in total. The molecule has 1 fully saturated rings. The van der Waals surface area contributed by atoms with Gasteiger partial charge < -0.3 is 20.7 Å². The van der Waals surface area contributed by atoms with Gasteiger partial charge in [0.25, 0.3) is 0 Å². The second-order valence-corrected chi connectivity index (χ2v) is 8.20. The van der Waals surface area contributed by atoms with Crippen molar-refractivity contribution in [3.8, 4) is 5.75 Å². The van der Waals surface area contributed by atoms with E-state index in [2.05, 4.69) is 31.9 Å². The fourth-order valence-electron chi connectivity index (χ4n) is 3.47. The third-order valence-electron chi connectivity index (χ3n) is 4.60. The number of halogens is 2. The SMILES string of the molecule is C[C@]12NC(=S)N[C@H](c3cc(Br)ccc3O1)[C@H]2C(=O)Nc1ccc(Cl)cc1. The van der Waals surface area contributed by atoms with Crippen molar-refractivity contribution in [1.29, 1.82) is 0 Å². The summed E-state index contributed by atoms with van der Waals surface area (Å²) in [6.45, 7) is 1.84. The number of rotatable bonds is 2. The van der Waals surface area contributed by atoms with Gasteiger partial charge in [-0.15, -0.1) is 0 Å². The average molecular weight is 453 g/mol. The van der Waals surface area contributed by atoms with Crippen LogP contribution >= 0.6 is 39.7 Å². The number of hydrogen-bond donors (Lipinski definition) is 3. The smallest absolute Gasteiger partial charge is 0.236 e. The van der Waals surface area contributed by atoms with Crippen molar-refractivity contribution in [2.24, 2.45) is 5.92 Å². The van der Waals surface area contributed by atoms with E-state index in [0.717, 1.165) is 15.8 Å². The van der Waals surface area contributed by atoms with Gasteiger partial charge in [0.15, 0.2) is 10.8 Å². The van der Waals surface area contributed by atoms with E-state index in [-0.39, 0.29) is 11.9 Å². The zero-order valence-corrected chi connectivity index (χ0v) is 16.8. The molecule has 0 unspecified atom stereocenters. The lowest BCUT2D eigenvalue weighted by Crippen LogP contribution is -2.70. The molecule has 1 amide bonds. The summed E-state index contributed by atoms with van der Waals surface area (Å²) in [4.78, 5) is 13.1. The fourth-order valence-corrected chi connectivity index (χ4v) is 4.30. The van der Waals surface area contributed by atoms with Crippen molar-refractivity contribution in [2.45, 2.75) is 18.7 Å². The van der Waals surface area contributed by atoms with Gasteiger partial charge in [-0.05, 0) is 61.6 Å². The summed E-state index contributed by atoms with van der Waals surface area (Å²) < 4.78 is 7.07. The second-order valence-electron chi connectivity index (χ2n) is 6.44. The Morgan fingerprint density at radius 2 is 2.04 bits per heavy atom. The van der Waals surface area contributed by atoms with Gasteiger partial charge >= 0.3 is 0 Å². The number of carbonyl (C=O) groups excluding carboxylic acids is 1. The van der Waals surface area contributed by atoms with E-state index >= 15 is 0 Å². The van der Waals surface area contributed by atoms with Crippen LogP contribution in [0.3, 0.4) is 0 Å². The zero-order valence-electron chi connectivity index (χ0n) is 13.7. The van der Waals surface area contributed by atoms with Crippen molar-refractivity contribution in [1.82, 2.24) is 10.6 Å². The molecular formula is C18H15BrClN3O2S. The number of anilines is 1. The standard InChI is InChI=1S/C18H15BrClN3O2S/c1-18-14(16(24)21-11-5-3-10(20)4-6-11)15(22-17(26)23-18)12-8-9(19)2-7-13(12)25-18/h2-8,14-15H,1H3,(H,21,24)(H2,22,23,26)/t14-,15+,18-/m0/s1. The van der Waals surface area contributed by atoms with Gasteiger partial charge in [-0.3, -0.25) is 4.79 Å². The number of fused-ring (bicyclic) bond motifs is 4. The Morgan fingerprint density at radius 3 is 2.77 bits per heavy atom. The molecule has 0 saturated carbocycles. The second kappa shape index (κ2) is 6.40. The van der Waals surface area contributed by atoms with Crippen molar-refractivity contribution >= 4 is 56.5 Å². The van der Waals surface area contributed by atoms with Crippen LogP contribution in [0, 0.1) is 5.92 Å². The van der Waals surface area contributed by atoms with Crippen molar-refractivity contribution < 1.29 is 9.53 Å². The topological polar surface area (TPSA) is 62.4 Å². The van der Waals surface area contributed by atoms with Gasteiger partial charge in [-0.1, -0.05) is 27.5 Å². The number of ether oxygens (including phenoxy) is 1. The zero-order chi connectivity index (χ0) is 18.5. The molecule has 2 aromatic rings. The Kier molecular flexibility index (Phi) is 4.33.